The van der Waals surface area contributed by atoms with Gasteiger partial charge in [0.15, 0.2) is 0 Å². The molecule has 1 heterocycles. The zero-order valence-corrected chi connectivity index (χ0v) is 14.6. The topological polar surface area (TPSA) is 75.6 Å². The molecule has 1 amide bonds. The Labute approximate surface area is 151 Å². The summed E-state index contributed by atoms with van der Waals surface area (Å²) in [6.45, 7) is 0.534. The molecule has 0 unspecified atom stereocenters. The molecule has 138 valence electrons. The molecule has 1 saturated carbocycles. The minimum atomic E-state index is -0.605. The van der Waals surface area contributed by atoms with Gasteiger partial charge in [-0.2, -0.15) is 10.2 Å². The normalized spacial score (nSPS) is 22.2. The molecular formula is C19H22FN3O3. The highest BCUT2D eigenvalue weighted by Gasteiger charge is 2.36. The fourth-order valence-electron chi connectivity index (χ4n) is 3.25. The van der Waals surface area contributed by atoms with Crippen LogP contribution in [0.2, 0.25) is 0 Å². The molecule has 26 heavy (non-hydrogen) atoms. The number of nitrogens with zero attached hydrogens (tertiary/aromatic N) is 3. The number of aliphatic hydroxyl groups excluding tert-OH is 1. The third-order valence-corrected chi connectivity index (χ3v) is 4.80. The van der Waals surface area contributed by atoms with Gasteiger partial charge in [0.25, 0.3) is 5.91 Å². The lowest BCUT2D eigenvalue weighted by molar-refractivity contribution is 0.0305. The molecule has 1 aliphatic rings. The molecule has 6 nitrogen and oxygen atoms in total. The number of hydrogen-bond donors (Lipinski definition) is 1. The number of amides is 1. The number of carbonyl (C=O) groups is 1. The van der Waals surface area contributed by atoms with Gasteiger partial charge in [-0.1, -0.05) is 0 Å². The Morgan fingerprint density at radius 1 is 1.27 bits per heavy atom. The molecule has 0 spiro atoms. The number of carbonyl (C=O) groups excluding carboxylic acids is 1. The van der Waals surface area contributed by atoms with Gasteiger partial charge in [0.05, 0.1) is 24.1 Å². The van der Waals surface area contributed by atoms with Crippen LogP contribution in [0, 0.1) is 11.7 Å². The predicted octanol–water partition coefficient (Wildman–Crippen LogP) is 2.30. The van der Waals surface area contributed by atoms with Gasteiger partial charge in [-0.25, -0.2) is 4.39 Å². The van der Waals surface area contributed by atoms with Crippen LogP contribution in [0.15, 0.2) is 42.7 Å². The van der Waals surface area contributed by atoms with E-state index in [0.717, 1.165) is 12.8 Å². The highest BCUT2D eigenvalue weighted by molar-refractivity contribution is 5.93. The first kappa shape index (κ1) is 18.3. The first-order valence-corrected chi connectivity index (χ1v) is 8.67. The zero-order chi connectivity index (χ0) is 18.5. The summed E-state index contributed by atoms with van der Waals surface area (Å²) < 4.78 is 18.7. The van der Waals surface area contributed by atoms with Gasteiger partial charge < -0.3 is 14.7 Å². The summed E-state index contributed by atoms with van der Waals surface area (Å²) in [5, 5.41) is 17.9. The standard InChI is InChI=1S/C19H22FN3O3/c1-23(19(25)14-8-10-21-22-12-14)11-9-13-2-7-17(18(13)24)26-16-5-3-15(20)4-6-16/h3-6,8,10,12-13,17-18,24H,2,7,9,11H2,1H3/t13-,17-,18-/m1/s1. The Morgan fingerprint density at radius 2 is 2.04 bits per heavy atom. The predicted molar refractivity (Wildman–Crippen MR) is 93.2 cm³/mol. The summed E-state index contributed by atoms with van der Waals surface area (Å²) >= 11 is 0. The maximum atomic E-state index is 13.0. The maximum Gasteiger partial charge on any atom is 0.255 e. The molecular weight excluding hydrogens is 337 g/mol. The third-order valence-electron chi connectivity index (χ3n) is 4.80. The number of ether oxygens (including phenoxy) is 1. The largest absolute Gasteiger partial charge is 0.488 e. The van der Waals surface area contributed by atoms with Crippen LogP contribution in [0.25, 0.3) is 0 Å². The average molecular weight is 359 g/mol. The van der Waals surface area contributed by atoms with Crippen LogP contribution in [0.5, 0.6) is 5.75 Å². The van der Waals surface area contributed by atoms with Gasteiger partial charge in [0.2, 0.25) is 0 Å². The second-order valence-electron chi connectivity index (χ2n) is 6.58. The van der Waals surface area contributed by atoms with E-state index < -0.39 is 6.10 Å². The molecule has 1 aliphatic carbocycles. The van der Waals surface area contributed by atoms with E-state index in [1.807, 2.05) is 0 Å². The number of aliphatic hydroxyl groups is 1. The molecule has 0 bridgehead atoms. The first-order valence-electron chi connectivity index (χ1n) is 8.67. The van der Waals surface area contributed by atoms with Gasteiger partial charge in [0.1, 0.15) is 17.7 Å². The molecule has 3 rings (SSSR count). The van der Waals surface area contributed by atoms with E-state index in [9.17, 15) is 14.3 Å². The van der Waals surface area contributed by atoms with Crippen LogP contribution in [0.1, 0.15) is 29.6 Å². The van der Waals surface area contributed by atoms with Crippen molar-refractivity contribution < 1.29 is 19.0 Å². The van der Waals surface area contributed by atoms with E-state index in [0.29, 0.717) is 24.3 Å². The van der Waals surface area contributed by atoms with E-state index in [2.05, 4.69) is 10.2 Å². The van der Waals surface area contributed by atoms with Crippen molar-refractivity contribution in [2.75, 3.05) is 13.6 Å². The van der Waals surface area contributed by atoms with Gasteiger partial charge in [-0.15, -0.1) is 0 Å². The molecule has 1 N–H and O–H groups in total. The number of hydrogen-bond acceptors (Lipinski definition) is 5. The summed E-state index contributed by atoms with van der Waals surface area (Å²) in [7, 11) is 1.73. The lowest BCUT2D eigenvalue weighted by Gasteiger charge is -2.23. The summed E-state index contributed by atoms with van der Waals surface area (Å²) in [6.07, 6.45) is 4.25. The van der Waals surface area contributed by atoms with Gasteiger partial charge in [0, 0.05) is 13.6 Å². The van der Waals surface area contributed by atoms with Crippen molar-refractivity contribution in [1.29, 1.82) is 0 Å². The van der Waals surface area contributed by atoms with Crippen molar-refractivity contribution in [3.8, 4) is 5.75 Å². The lowest BCUT2D eigenvalue weighted by Crippen LogP contribution is -2.33. The fraction of sp³-hybridized carbons (Fsp3) is 0.421. The second-order valence-corrected chi connectivity index (χ2v) is 6.58. The Hall–Kier alpha value is -2.54. The molecule has 1 fully saturated rings. The Morgan fingerprint density at radius 3 is 2.73 bits per heavy atom. The van der Waals surface area contributed by atoms with Crippen LogP contribution >= 0.6 is 0 Å². The lowest BCUT2D eigenvalue weighted by atomic mass is 10.0. The minimum Gasteiger partial charge on any atom is -0.488 e. The van der Waals surface area contributed by atoms with Crippen LogP contribution in [0.3, 0.4) is 0 Å². The van der Waals surface area contributed by atoms with E-state index in [1.54, 1.807) is 30.1 Å². The molecule has 1 aromatic heterocycles. The van der Waals surface area contributed by atoms with Crippen molar-refractivity contribution in [2.24, 2.45) is 5.92 Å². The first-order chi connectivity index (χ1) is 12.5. The van der Waals surface area contributed by atoms with Crippen LogP contribution in [0.4, 0.5) is 4.39 Å². The summed E-state index contributed by atoms with van der Waals surface area (Å²) in [5.41, 5.74) is 0.493. The monoisotopic (exact) mass is 359 g/mol. The molecule has 0 aliphatic heterocycles. The summed E-state index contributed by atoms with van der Waals surface area (Å²) in [5.74, 6) is 0.172. The van der Waals surface area contributed by atoms with Crippen LogP contribution in [-0.2, 0) is 0 Å². The smallest absolute Gasteiger partial charge is 0.255 e. The summed E-state index contributed by atoms with van der Waals surface area (Å²) in [4.78, 5) is 13.9. The van der Waals surface area contributed by atoms with Gasteiger partial charge >= 0.3 is 0 Å². The molecule has 0 radical (unpaired) electrons. The van der Waals surface area contributed by atoms with Crippen molar-refractivity contribution in [2.45, 2.75) is 31.5 Å². The van der Waals surface area contributed by atoms with Gasteiger partial charge in [-0.3, -0.25) is 4.79 Å². The number of halogens is 1. The van der Waals surface area contributed by atoms with Crippen molar-refractivity contribution >= 4 is 5.91 Å². The van der Waals surface area contributed by atoms with Crippen LogP contribution in [-0.4, -0.2) is 51.9 Å². The average Bonchev–Trinajstić information content (AvgIpc) is 3.01. The van der Waals surface area contributed by atoms with Crippen molar-refractivity contribution in [1.82, 2.24) is 15.1 Å². The third kappa shape index (κ3) is 4.35. The Balaban J connectivity index is 1.50. The quantitative estimate of drug-likeness (QED) is 0.856. The second kappa shape index (κ2) is 8.23. The van der Waals surface area contributed by atoms with E-state index in [4.69, 9.17) is 4.74 Å². The Bertz CT molecular complexity index is 727. The summed E-state index contributed by atoms with van der Waals surface area (Å²) in [6, 6.07) is 7.42. The zero-order valence-electron chi connectivity index (χ0n) is 14.6. The fourth-order valence-corrected chi connectivity index (χ4v) is 3.25. The highest BCUT2D eigenvalue weighted by atomic mass is 19.1. The molecule has 7 heteroatoms. The highest BCUT2D eigenvalue weighted by Crippen LogP contribution is 2.32. The van der Waals surface area contributed by atoms with Crippen molar-refractivity contribution in [3.63, 3.8) is 0 Å². The van der Waals surface area contributed by atoms with E-state index in [-0.39, 0.29) is 23.7 Å². The molecule has 1 aromatic carbocycles. The van der Waals surface area contributed by atoms with E-state index >= 15 is 0 Å². The molecule has 0 saturated heterocycles. The number of aromatic nitrogens is 2. The van der Waals surface area contributed by atoms with Gasteiger partial charge in [-0.05, 0) is 55.5 Å². The number of benzene rings is 1. The molecule has 2 aromatic rings. The Kier molecular flexibility index (Phi) is 5.78. The SMILES string of the molecule is CN(CC[C@H]1CC[C@@H](Oc2ccc(F)cc2)[C@@H]1O)C(=O)c1ccnnc1. The minimum absolute atomic E-state index is 0.0614. The van der Waals surface area contributed by atoms with E-state index in [1.165, 1.54) is 24.5 Å². The van der Waals surface area contributed by atoms with Crippen LogP contribution < -0.4 is 4.74 Å². The maximum absolute atomic E-state index is 13.0. The number of rotatable bonds is 6. The molecule has 3 atom stereocenters. The van der Waals surface area contributed by atoms with Crippen molar-refractivity contribution in [3.05, 3.63) is 54.1 Å².